The standard InChI is InChI=1S/C12H10F3NO3/c1-6-10(17)9(11(16)18-6)7-3-2-4-8(5-7)19-12(13,14)15/h2-6H,16H2,1H3. The zero-order valence-corrected chi connectivity index (χ0v) is 9.82. The summed E-state index contributed by atoms with van der Waals surface area (Å²) in [6.07, 6.45) is -5.52. The van der Waals surface area contributed by atoms with E-state index >= 15 is 0 Å². The Morgan fingerprint density at radius 2 is 2.05 bits per heavy atom. The van der Waals surface area contributed by atoms with Gasteiger partial charge in [0.05, 0.1) is 5.57 Å². The second kappa shape index (κ2) is 4.49. The van der Waals surface area contributed by atoms with Crippen LogP contribution in [-0.2, 0) is 9.53 Å². The van der Waals surface area contributed by atoms with E-state index in [0.29, 0.717) is 0 Å². The van der Waals surface area contributed by atoms with Crippen molar-refractivity contribution in [2.45, 2.75) is 19.4 Å². The van der Waals surface area contributed by atoms with Gasteiger partial charge in [-0.3, -0.25) is 4.79 Å². The monoisotopic (exact) mass is 273 g/mol. The van der Waals surface area contributed by atoms with Crippen LogP contribution in [0.5, 0.6) is 5.75 Å². The van der Waals surface area contributed by atoms with E-state index in [1.807, 2.05) is 0 Å². The Kier molecular flexibility index (Phi) is 3.13. The Morgan fingerprint density at radius 3 is 2.58 bits per heavy atom. The molecule has 0 radical (unpaired) electrons. The predicted octanol–water partition coefficient (Wildman–Crippen LogP) is 2.20. The summed E-state index contributed by atoms with van der Waals surface area (Å²) in [5, 5.41) is 0. The van der Waals surface area contributed by atoms with E-state index in [9.17, 15) is 18.0 Å². The lowest BCUT2D eigenvalue weighted by Gasteiger charge is -2.10. The van der Waals surface area contributed by atoms with E-state index in [4.69, 9.17) is 10.5 Å². The number of rotatable bonds is 2. The van der Waals surface area contributed by atoms with E-state index in [-0.39, 0.29) is 22.8 Å². The highest BCUT2D eigenvalue weighted by molar-refractivity contribution is 6.24. The second-order valence-electron chi connectivity index (χ2n) is 3.94. The van der Waals surface area contributed by atoms with Crippen molar-refractivity contribution in [3.8, 4) is 5.75 Å². The molecule has 4 nitrogen and oxygen atoms in total. The van der Waals surface area contributed by atoms with Crippen molar-refractivity contribution < 1.29 is 27.4 Å². The molecule has 2 N–H and O–H groups in total. The maximum atomic E-state index is 12.1. The highest BCUT2D eigenvalue weighted by Gasteiger charge is 2.33. The lowest BCUT2D eigenvalue weighted by Crippen LogP contribution is -2.17. The first kappa shape index (κ1) is 13.3. The number of Topliss-reactive ketones (excluding diaryl/α,β-unsaturated/α-hetero) is 1. The van der Waals surface area contributed by atoms with Crippen molar-refractivity contribution in [1.29, 1.82) is 0 Å². The zero-order chi connectivity index (χ0) is 14.2. The van der Waals surface area contributed by atoms with Gasteiger partial charge in [-0.2, -0.15) is 0 Å². The molecule has 0 saturated heterocycles. The maximum absolute atomic E-state index is 12.1. The molecule has 0 amide bonds. The van der Waals surface area contributed by atoms with Crippen LogP contribution in [-0.4, -0.2) is 18.2 Å². The van der Waals surface area contributed by atoms with Gasteiger partial charge in [0.25, 0.3) is 0 Å². The van der Waals surface area contributed by atoms with Gasteiger partial charge in [0.15, 0.2) is 12.0 Å². The van der Waals surface area contributed by atoms with Crippen LogP contribution in [0.1, 0.15) is 12.5 Å². The SMILES string of the molecule is CC1OC(N)=C(c2cccc(OC(F)(F)F)c2)C1=O. The summed E-state index contributed by atoms with van der Waals surface area (Å²) in [6.45, 7) is 1.51. The third-order valence-electron chi connectivity index (χ3n) is 2.52. The molecule has 1 aliphatic rings. The van der Waals surface area contributed by atoms with Crippen molar-refractivity contribution in [2.75, 3.05) is 0 Å². The van der Waals surface area contributed by atoms with Gasteiger partial charge in [-0.05, 0) is 24.6 Å². The summed E-state index contributed by atoms with van der Waals surface area (Å²) in [7, 11) is 0. The molecule has 1 unspecified atom stereocenters. The molecular formula is C12H10F3NO3. The fourth-order valence-electron chi connectivity index (χ4n) is 1.76. The highest BCUT2D eigenvalue weighted by atomic mass is 19.4. The van der Waals surface area contributed by atoms with Crippen molar-refractivity contribution in [3.63, 3.8) is 0 Å². The number of alkyl halides is 3. The normalized spacial score (nSPS) is 19.6. The second-order valence-corrected chi connectivity index (χ2v) is 3.94. The number of halogens is 3. The first-order chi connectivity index (χ1) is 8.78. The summed E-state index contributed by atoms with van der Waals surface area (Å²) in [6, 6.07) is 5.03. The molecule has 19 heavy (non-hydrogen) atoms. The van der Waals surface area contributed by atoms with Crippen LogP contribution in [0, 0.1) is 0 Å². The number of ether oxygens (including phenoxy) is 2. The zero-order valence-electron chi connectivity index (χ0n) is 9.82. The molecule has 0 spiro atoms. The van der Waals surface area contributed by atoms with Crippen LogP contribution in [0.2, 0.25) is 0 Å². The molecule has 1 aliphatic heterocycles. The van der Waals surface area contributed by atoms with Gasteiger partial charge >= 0.3 is 6.36 Å². The first-order valence-electron chi connectivity index (χ1n) is 5.35. The van der Waals surface area contributed by atoms with Crippen molar-refractivity contribution in [2.24, 2.45) is 5.73 Å². The van der Waals surface area contributed by atoms with Gasteiger partial charge in [0, 0.05) is 0 Å². The Labute approximate surface area is 106 Å². The number of hydrogen-bond donors (Lipinski definition) is 1. The largest absolute Gasteiger partial charge is 0.573 e. The molecular weight excluding hydrogens is 263 g/mol. The van der Waals surface area contributed by atoms with E-state index in [1.54, 1.807) is 0 Å². The third-order valence-corrected chi connectivity index (χ3v) is 2.52. The molecule has 1 heterocycles. The highest BCUT2D eigenvalue weighted by Crippen LogP contribution is 2.31. The lowest BCUT2D eigenvalue weighted by molar-refractivity contribution is -0.274. The average Bonchev–Trinajstić information content (AvgIpc) is 2.51. The predicted molar refractivity (Wildman–Crippen MR) is 59.8 cm³/mol. The molecule has 0 aromatic heterocycles. The maximum Gasteiger partial charge on any atom is 0.573 e. The first-order valence-corrected chi connectivity index (χ1v) is 5.35. The molecule has 0 bridgehead atoms. The Balaban J connectivity index is 2.35. The molecule has 1 aromatic carbocycles. The van der Waals surface area contributed by atoms with Crippen molar-refractivity contribution in [3.05, 3.63) is 35.7 Å². The number of ketones is 1. The quantitative estimate of drug-likeness (QED) is 0.897. The van der Waals surface area contributed by atoms with E-state index < -0.39 is 18.2 Å². The summed E-state index contributed by atoms with van der Waals surface area (Å²) in [4.78, 5) is 11.8. The minimum atomic E-state index is -4.79. The molecule has 1 atom stereocenters. The molecule has 1 aromatic rings. The van der Waals surface area contributed by atoms with E-state index in [2.05, 4.69) is 4.74 Å². The van der Waals surface area contributed by atoms with Gasteiger partial charge in [0.1, 0.15) is 5.75 Å². The van der Waals surface area contributed by atoms with Gasteiger partial charge < -0.3 is 15.2 Å². The number of nitrogens with two attached hydrogens (primary N) is 1. The Bertz CT molecular complexity index is 551. The van der Waals surface area contributed by atoms with E-state index in [0.717, 1.165) is 12.1 Å². The lowest BCUT2D eigenvalue weighted by atomic mass is 10.0. The molecule has 0 aliphatic carbocycles. The van der Waals surface area contributed by atoms with Gasteiger partial charge in [-0.15, -0.1) is 13.2 Å². The minimum absolute atomic E-state index is 0.0696. The van der Waals surface area contributed by atoms with Gasteiger partial charge in [-0.1, -0.05) is 12.1 Å². The molecule has 0 fully saturated rings. The molecule has 7 heteroatoms. The van der Waals surface area contributed by atoms with Crippen LogP contribution in [0.4, 0.5) is 13.2 Å². The van der Waals surface area contributed by atoms with Crippen LogP contribution in [0.3, 0.4) is 0 Å². The summed E-state index contributed by atoms with van der Waals surface area (Å²) in [5.41, 5.74) is 5.84. The summed E-state index contributed by atoms with van der Waals surface area (Å²) >= 11 is 0. The Morgan fingerprint density at radius 1 is 1.37 bits per heavy atom. The Hall–Kier alpha value is -2.18. The molecule has 102 valence electrons. The topological polar surface area (TPSA) is 61.6 Å². The number of hydrogen-bond acceptors (Lipinski definition) is 4. The van der Waals surface area contributed by atoms with Gasteiger partial charge in [0.2, 0.25) is 5.78 Å². The average molecular weight is 273 g/mol. The third kappa shape index (κ3) is 2.81. The van der Waals surface area contributed by atoms with Crippen molar-refractivity contribution in [1.82, 2.24) is 0 Å². The fourth-order valence-corrected chi connectivity index (χ4v) is 1.76. The van der Waals surface area contributed by atoms with Crippen molar-refractivity contribution >= 4 is 11.4 Å². The minimum Gasteiger partial charge on any atom is -0.467 e. The molecule has 2 rings (SSSR count). The summed E-state index contributed by atoms with van der Waals surface area (Å²) in [5.74, 6) is -0.888. The smallest absolute Gasteiger partial charge is 0.467 e. The summed E-state index contributed by atoms with van der Waals surface area (Å²) < 4.78 is 45.2. The van der Waals surface area contributed by atoms with Crippen LogP contribution in [0.25, 0.3) is 5.57 Å². The molecule has 0 saturated carbocycles. The van der Waals surface area contributed by atoms with E-state index in [1.165, 1.54) is 19.1 Å². The van der Waals surface area contributed by atoms with Crippen LogP contribution < -0.4 is 10.5 Å². The van der Waals surface area contributed by atoms with Crippen LogP contribution in [0.15, 0.2) is 30.1 Å². The number of carbonyl (C=O) groups excluding carboxylic acids is 1. The number of benzene rings is 1. The number of carbonyl (C=O) groups is 1. The fraction of sp³-hybridized carbons (Fsp3) is 0.250. The van der Waals surface area contributed by atoms with Crippen LogP contribution >= 0.6 is 0 Å². The van der Waals surface area contributed by atoms with Gasteiger partial charge in [-0.25, -0.2) is 0 Å².